The SMILES string of the molecule is CCCCCCNCc1ccc(OCC)c(OCC)c1.Cl. The fourth-order valence-electron chi connectivity index (χ4n) is 2.11. The standard InChI is InChI=1S/C17H29NO2.ClH/c1-4-7-8-9-12-18-14-15-10-11-16(19-5-2)17(13-15)20-6-3;/h10-11,13,18H,4-9,12,14H2,1-3H3;1H. The monoisotopic (exact) mass is 315 g/mol. The van der Waals surface area contributed by atoms with Crippen molar-refractivity contribution in [3.8, 4) is 11.5 Å². The van der Waals surface area contributed by atoms with Gasteiger partial charge in [-0.25, -0.2) is 0 Å². The van der Waals surface area contributed by atoms with E-state index in [4.69, 9.17) is 9.47 Å². The molecule has 0 atom stereocenters. The summed E-state index contributed by atoms with van der Waals surface area (Å²) < 4.78 is 11.2. The quantitative estimate of drug-likeness (QED) is 0.606. The maximum Gasteiger partial charge on any atom is 0.161 e. The lowest BCUT2D eigenvalue weighted by molar-refractivity contribution is 0.287. The normalized spacial score (nSPS) is 10.0. The summed E-state index contributed by atoms with van der Waals surface area (Å²) in [4.78, 5) is 0. The lowest BCUT2D eigenvalue weighted by Crippen LogP contribution is -2.14. The van der Waals surface area contributed by atoms with E-state index in [1.165, 1.54) is 31.2 Å². The van der Waals surface area contributed by atoms with E-state index in [1.54, 1.807) is 0 Å². The van der Waals surface area contributed by atoms with Crippen LogP contribution in [0.1, 0.15) is 52.0 Å². The zero-order chi connectivity index (χ0) is 14.6. The Balaban J connectivity index is 0.00000400. The summed E-state index contributed by atoms with van der Waals surface area (Å²) in [6.45, 7) is 9.51. The van der Waals surface area contributed by atoms with Crippen LogP contribution < -0.4 is 14.8 Å². The van der Waals surface area contributed by atoms with Gasteiger partial charge in [0, 0.05) is 6.54 Å². The number of rotatable bonds is 11. The lowest BCUT2D eigenvalue weighted by Gasteiger charge is -2.12. The molecule has 122 valence electrons. The maximum absolute atomic E-state index is 5.64. The first-order chi connectivity index (χ1) is 9.81. The molecule has 0 spiro atoms. The average Bonchev–Trinajstić information content (AvgIpc) is 2.46. The Morgan fingerprint density at radius 2 is 1.62 bits per heavy atom. The highest BCUT2D eigenvalue weighted by Crippen LogP contribution is 2.28. The number of unbranched alkanes of at least 4 members (excludes halogenated alkanes) is 3. The highest BCUT2D eigenvalue weighted by Gasteiger charge is 2.05. The predicted molar refractivity (Wildman–Crippen MR) is 91.9 cm³/mol. The minimum absolute atomic E-state index is 0. The maximum atomic E-state index is 5.64. The minimum atomic E-state index is 0. The van der Waals surface area contributed by atoms with Gasteiger partial charge in [0.05, 0.1) is 13.2 Å². The van der Waals surface area contributed by atoms with Gasteiger partial charge < -0.3 is 14.8 Å². The smallest absolute Gasteiger partial charge is 0.161 e. The van der Waals surface area contributed by atoms with Gasteiger partial charge in [-0.15, -0.1) is 12.4 Å². The first-order valence-electron chi connectivity index (χ1n) is 7.91. The lowest BCUT2D eigenvalue weighted by atomic mass is 10.2. The molecule has 1 aromatic rings. The first kappa shape index (κ1) is 20.1. The van der Waals surface area contributed by atoms with Gasteiger partial charge in [-0.05, 0) is 44.5 Å². The van der Waals surface area contributed by atoms with E-state index in [0.29, 0.717) is 13.2 Å². The van der Waals surface area contributed by atoms with E-state index < -0.39 is 0 Å². The van der Waals surface area contributed by atoms with Crippen molar-refractivity contribution in [2.24, 2.45) is 0 Å². The molecule has 0 saturated heterocycles. The van der Waals surface area contributed by atoms with Gasteiger partial charge >= 0.3 is 0 Å². The van der Waals surface area contributed by atoms with Crippen molar-refractivity contribution in [3.63, 3.8) is 0 Å². The van der Waals surface area contributed by atoms with Gasteiger partial charge in [0.15, 0.2) is 11.5 Å². The van der Waals surface area contributed by atoms with E-state index in [2.05, 4.69) is 24.4 Å². The van der Waals surface area contributed by atoms with Crippen molar-refractivity contribution < 1.29 is 9.47 Å². The van der Waals surface area contributed by atoms with Crippen LogP contribution in [-0.4, -0.2) is 19.8 Å². The third-order valence-corrected chi connectivity index (χ3v) is 3.14. The zero-order valence-electron chi connectivity index (χ0n) is 13.6. The van der Waals surface area contributed by atoms with Crippen LogP contribution in [0.25, 0.3) is 0 Å². The summed E-state index contributed by atoms with van der Waals surface area (Å²) in [6.07, 6.45) is 5.19. The molecule has 0 bridgehead atoms. The molecule has 0 aliphatic rings. The highest BCUT2D eigenvalue weighted by molar-refractivity contribution is 5.85. The van der Waals surface area contributed by atoms with Crippen molar-refractivity contribution in [1.82, 2.24) is 5.32 Å². The molecule has 0 saturated carbocycles. The van der Waals surface area contributed by atoms with Crippen LogP contribution in [0.4, 0.5) is 0 Å². The molecule has 1 N–H and O–H groups in total. The van der Waals surface area contributed by atoms with E-state index in [1.807, 2.05) is 19.9 Å². The average molecular weight is 316 g/mol. The second kappa shape index (κ2) is 12.8. The Bertz CT molecular complexity index is 372. The second-order valence-electron chi connectivity index (χ2n) is 4.88. The topological polar surface area (TPSA) is 30.5 Å². The molecule has 4 heteroatoms. The van der Waals surface area contributed by atoms with Crippen LogP contribution in [0.5, 0.6) is 11.5 Å². The summed E-state index contributed by atoms with van der Waals surface area (Å²) in [5, 5.41) is 3.48. The van der Waals surface area contributed by atoms with Crippen LogP contribution >= 0.6 is 12.4 Å². The van der Waals surface area contributed by atoms with E-state index in [-0.39, 0.29) is 12.4 Å². The Hall–Kier alpha value is -0.930. The predicted octanol–water partition coefficient (Wildman–Crippen LogP) is 4.58. The van der Waals surface area contributed by atoms with Gasteiger partial charge in [0.25, 0.3) is 0 Å². The summed E-state index contributed by atoms with van der Waals surface area (Å²) in [6, 6.07) is 6.18. The molecule has 0 unspecified atom stereocenters. The third-order valence-electron chi connectivity index (χ3n) is 3.14. The molecular weight excluding hydrogens is 286 g/mol. The fourth-order valence-corrected chi connectivity index (χ4v) is 2.11. The molecule has 1 aromatic carbocycles. The van der Waals surface area contributed by atoms with E-state index in [0.717, 1.165) is 24.6 Å². The molecule has 0 radical (unpaired) electrons. The van der Waals surface area contributed by atoms with Crippen LogP contribution in [0.2, 0.25) is 0 Å². The number of hydrogen-bond donors (Lipinski definition) is 1. The van der Waals surface area contributed by atoms with Gasteiger partial charge in [-0.2, -0.15) is 0 Å². The van der Waals surface area contributed by atoms with Gasteiger partial charge in [-0.3, -0.25) is 0 Å². The van der Waals surface area contributed by atoms with Crippen molar-refractivity contribution in [1.29, 1.82) is 0 Å². The molecule has 0 amide bonds. The molecule has 0 heterocycles. The number of nitrogens with one attached hydrogen (secondary N) is 1. The summed E-state index contributed by atoms with van der Waals surface area (Å²) >= 11 is 0. The zero-order valence-corrected chi connectivity index (χ0v) is 14.4. The van der Waals surface area contributed by atoms with Gasteiger partial charge in [-0.1, -0.05) is 32.3 Å². The summed E-state index contributed by atoms with van der Waals surface area (Å²) in [5.74, 6) is 1.68. The number of hydrogen-bond acceptors (Lipinski definition) is 3. The highest BCUT2D eigenvalue weighted by atomic mass is 35.5. The molecule has 3 nitrogen and oxygen atoms in total. The van der Waals surface area contributed by atoms with E-state index >= 15 is 0 Å². The van der Waals surface area contributed by atoms with Crippen molar-refractivity contribution in [2.45, 2.75) is 53.0 Å². The number of ether oxygens (including phenoxy) is 2. The Labute approximate surface area is 135 Å². The number of halogens is 1. The summed E-state index contributed by atoms with van der Waals surface area (Å²) in [7, 11) is 0. The molecule has 0 aliphatic heterocycles. The van der Waals surface area contributed by atoms with Crippen LogP contribution in [0.15, 0.2) is 18.2 Å². The largest absolute Gasteiger partial charge is 0.490 e. The Morgan fingerprint density at radius 3 is 2.29 bits per heavy atom. The van der Waals surface area contributed by atoms with E-state index in [9.17, 15) is 0 Å². The molecule has 0 aliphatic carbocycles. The van der Waals surface area contributed by atoms with Crippen LogP contribution in [0.3, 0.4) is 0 Å². The molecule has 0 fully saturated rings. The van der Waals surface area contributed by atoms with Crippen molar-refractivity contribution >= 4 is 12.4 Å². The van der Waals surface area contributed by atoms with Crippen LogP contribution in [-0.2, 0) is 6.54 Å². The molecule has 0 aromatic heterocycles. The fraction of sp³-hybridized carbons (Fsp3) is 0.647. The molecular formula is C17H30ClNO2. The Morgan fingerprint density at radius 1 is 0.905 bits per heavy atom. The van der Waals surface area contributed by atoms with Gasteiger partial charge in [0.2, 0.25) is 0 Å². The first-order valence-corrected chi connectivity index (χ1v) is 7.91. The van der Waals surface area contributed by atoms with Gasteiger partial charge in [0.1, 0.15) is 0 Å². The third kappa shape index (κ3) is 8.18. The van der Waals surface area contributed by atoms with Crippen molar-refractivity contribution in [2.75, 3.05) is 19.8 Å². The Kier molecular flexibility index (Phi) is 12.2. The number of benzene rings is 1. The van der Waals surface area contributed by atoms with Crippen molar-refractivity contribution in [3.05, 3.63) is 23.8 Å². The molecule has 1 rings (SSSR count). The second-order valence-corrected chi connectivity index (χ2v) is 4.88. The molecule has 21 heavy (non-hydrogen) atoms. The summed E-state index contributed by atoms with van der Waals surface area (Å²) in [5.41, 5.74) is 1.24. The van der Waals surface area contributed by atoms with Crippen LogP contribution in [0, 0.1) is 0 Å². The minimum Gasteiger partial charge on any atom is -0.490 e.